The van der Waals surface area contributed by atoms with Crippen molar-refractivity contribution in [3.05, 3.63) is 24.3 Å². The van der Waals surface area contributed by atoms with Crippen molar-refractivity contribution in [2.24, 2.45) is 0 Å². The molecule has 1 aliphatic rings. The Balaban J connectivity index is 2.08. The maximum atomic E-state index is 12.1. The molecule has 22 heavy (non-hydrogen) atoms. The molecule has 0 aromatic heterocycles. The van der Waals surface area contributed by atoms with Crippen LogP contribution in [0.25, 0.3) is 0 Å². The monoisotopic (exact) mass is 328 g/mol. The van der Waals surface area contributed by atoms with Crippen molar-refractivity contribution >= 4 is 33.3 Å². The Morgan fingerprint density at radius 1 is 1.18 bits per heavy atom. The molecule has 1 saturated heterocycles. The third kappa shape index (κ3) is 4.18. The predicted molar refractivity (Wildman–Crippen MR) is 79.1 cm³/mol. The summed E-state index contributed by atoms with van der Waals surface area (Å²) in [6.07, 6.45) is -0.294. The first-order valence-electron chi connectivity index (χ1n) is 6.52. The SMILES string of the molecule is CS(=O)(=O)Nc1ccccc1NC(=O)[C@@H]1CC[C@H](C(=O)O)O1. The zero-order valence-electron chi connectivity index (χ0n) is 11.8. The summed E-state index contributed by atoms with van der Waals surface area (Å²) in [5.41, 5.74) is 0.506. The van der Waals surface area contributed by atoms with Gasteiger partial charge in [-0.1, -0.05) is 12.1 Å². The van der Waals surface area contributed by atoms with Crippen molar-refractivity contribution < 1.29 is 27.9 Å². The topological polar surface area (TPSA) is 122 Å². The molecule has 0 saturated carbocycles. The Labute approximate surface area is 127 Å². The van der Waals surface area contributed by atoms with Crippen LogP contribution in [0.2, 0.25) is 0 Å². The predicted octanol–water partition coefficient (Wildman–Crippen LogP) is 0.629. The van der Waals surface area contributed by atoms with Gasteiger partial charge in [0.2, 0.25) is 10.0 Å². The lowest BCUT2D eigenvalue weighted by Gasteiger charge is -2.15. The van der Waals surface area contributed by atoms with E-state index in [2.05, 4.69) is 10.0 Å². The van der Waals surface area contributed by atoms with Gasteiger partial charge in [-0.05, 0) is 25.0 Å². The summed E-state index contributed by atoms with van der Waals surface area (Å²) < 4.78 is 30.0. The lowest BCUT2D eigenvalue weighted by Crippen LogP contribution is -2.30. The average molecular weight is 328 g/mol. The number of hydrogen-bond acceptors (Lipinski definition) is 5. The van der Waals surface area contributed by atoms with Crippen molar-refractivity contribution in [1.82, 2.24) is 0 Å². The van der Waals surface area contributed by atoms with Gasteiger partial charge in [0.15, 0.2) is 6.10 Å². The fourth-order valence-corrected chi connectivity index (χ4v) is 2.68. The summed E-state index contributed by atoms with van der Waals surface area (Å²) in [7, 11) is -3.48. The van der Waals surface area contributed by atoms with Gasteiger partial charge < -0.3 is 15.2 Å². The number of amides is 1. The standard InChI is InChI=1S/C13H16N2O6S/c1-22(19,20)15-9-5-3-2-4-8(9)14-12(16)10-6-7-11(21-10)13(17)18/h2-5,10-11,15H,6-7H2,1H3,(H,14,16)(H,17,18)/t10-,11+/m0/s1. The summed E-state index contributed by atoms with van der Waals surface area (Å²) in [5.74, 6) is -1.61. The number of rotatable bonds is 5. The lowest BCUT2D eigenvalue weighted by atomic mass is 10.2. The number of carbonyl (C=O) groups excluding carboxylic acids is 1. The second-order valence-electron chi connectivity index (χ2n) is 4.94. The Bertz CT molecular complexity index is 688. The van der Waals surface area contributed by atoms with Crippen LogP contribution in [0.15, 0.2) is 24.3 Å². The molecule has 120 valence electrons. The molecule has 8 nitrogen and oxygen atoms in total. The Hall–Kier alpha value is -2.13. The Morgan fingerprint density at radius 2 is 1.77 bits per heavy atom. The van der Waals surface area contributed by atoms with Crippen LogP contribution in [0, 0.1) is 0 Å². The zero-order valence-corrected chi connectivity index (χ0v) is 12.6. The molecule has 9 heteroatoms. The minimum atomic E-state index is -3.48. The van der Waals surface area contributed by atoms with Gasteiger partial charge in [0.25, 0.3) is 5.91 Å². The number of para-hydroxylation sites is 2. The smallest absolute Gasteiger partial charge is 0.332 e. The van der Waals surface area contributed by atoms with Crippen LogP contribution in [0.4, 0.5) is 11.4 Å². The molecule has 2 rings (SSSR count). The molecule has 1 aliphatic heterocycles. The molecule has 1 aromatic carbocycles. The van der Waals surface area contributed by atoms with Crippen LogP contribution in [0.5, 0.6) is 0 Å². The van der Waals surface area contributed by atoms with Crippen LogP contribution >= 0.6 is 0 Å². The molecule has 0 aliphatic carbocycles. The van der Waals surface area contributed by atoms with Crippen molar-refractivity contribution in [2.75, 3.05) is 16.3 Å². The highest BCUT2D eigenvalue weighted by molar-refractivity contribution is 7.92. The minimum absolute atomic E-state index is 0.228. The van der Waals surface area contributed by atoms with E-state index in [1.807, 2.05) is 0 Å². The first-order chi connectivity index (χ1) is 10.3. The molecule has 1 amide bonds. The number of benzene rings is 1. The summed E-state index contributed by atoms with van der Waals surface area (Å²) >= 11 is 0. The summed E-state index contributed by atoms with van der Waals surface area (Å²) in [6, 6.07) is 6.30. The van der Waals surface area contributed by atoms with E-state index in [1.165, 1.54) is 12.1 Å². The fourth-order valence-electron chi connectivity index (χ4n) is 2.11. The van der Waals surface area contributed by atoms with E-state index < -0.39 is 34.1 Å². The number of carboxylic acid groups (broad SMARTS) is 1. The van der Waals surface area contributed by atoms with Gasteiger partial charge in [-0.3, -0.25) is 9.52 Å². The molecule has 1 aromatic rings. The number of anilines is 2. The molecule has 1 heterocycles. The summed E-state index contributed by atoms with van der Waals surface area (Å²) in [4.78, 5) is 22.9. The van der Waals surface area contributed by atoms with Crippen molar-refractivity contribution in [3.8, 4) is 0 Å². The molecule has 0 bridgehead atoms. The number of carboxylic acids is 1. The van der Waals surface area contributed by atoms with Crippen molar-refractivity contribution in [2.45, 2.75) is 25.0 Å². The third-order valence-electron chi connectivity index (χ3n) is 3.07. The van der Waals surface area contributed by atoms with Gasteiger partial charge in [-0.2, -0.15) is 0 Å². The van der Waals surface area contributed by atoms with E-state index in [9.17, 15) is 18.0 Å². The zero-order chi connectivity index (χ0) is 16.3. The highest BCUT2D eigenvalue weighted by atomic mass is 32.2. The van der Waals surface area contributed by atoms with E-state index in [1.54, 1.807) is 12.1 Å². The Kier molecular flexibility index (Phi) is 4.67. The van der Waals surface area contributed by atoms with Gasteiger partial charge in [-0.25, -0.2) is 13.2 Å². The van der Waals surface area contributed by atoms with Crippen LogP contribution in [0.3, 0.4) is 0 Å². The third-order valence-corrected chi connectivity index (χ3v) is 3.66. The molecule has 0 radical (unpaired) electrons. The van der Waals surface area contributed by atoms with Crippen molar-refractivity contribution in [3.63, 3.8) is 0 Å². The highest BCUT2D eigenvalue weighted by Crippen LogP contribution is 2.25. The second-order valence-corrected chi connectivity index (χ2v) is 6.69. The Morgan fingerprint density at radius 3 is 2.32 bits per heavy atom. The maximum Gasteiger partial charge on any atom is 0.332 e. The van der Waals surface area contributed by atoms with Gasteiger partial charge >= 0.3 is 5.97 Å². The molecule has 3 N–H and O–H groups in total. The number of ether oxygens (including phenoxy) is 1. The fraction of sp³-hybridized carbons (Fsp3) is 0.385. The van der Waals surface area contributed by atoms with E-state index in [-0.39, 0.29) is 17.8 Å². The maximum absolute atomic E-state index is 12.1. The van der Waals surface area contributed by atoms with Gasteiger partial charge in [0, 0.05) is 0 Å². The quantitative estimate of drug-likeness (QED) is 0.729. The van der Waals surface area contributed by atoms with Gasteiger partial charge in [0.05, 0.1) is 17.6 Å². The largest absolute Gasteiger partial charge is 0.479 e. The van der Waals surface area contributed by atoms with Crippen LogP contribution < -0.4 is 10.0 Å². The number of sulfonamides is 1. The van der Waals surface area contributed by atoms with E-state index >= 15 is 0 Å². The number of carbonyl (C=O) groups is 2. The number of aliphatic carboxylic acids is 1. The van der Waals surface area contributed by atoms with Crippen LogP contribution in [-0.4, -0.2) is 43.9 Å². The van der Waals surface area contributed by atoms with Crippen molar-refractivity contribution in [1.29, 1.82) is 0 Å². The first-order valence-corrected chi connectivity index (χ1v) is 8.41. The molecular formula is C13H16N2O6S. The van der Waals surface area contributed by atoms with Gasteiger partial charge in [0.1, 0.15) is 6.10 Å². The molecule has 2 atom stereocenters. The molecule has 0 unspecified atom stereocenters. The average Bonchev–Trinajstić information content (AvgIpc) is 2.89. The molecule has 1 fully saturated rings. The van der Waals surface area contributed by atoms with Crippen LogP contribution in [-0.2, 0) is 24.3 Å². The summed E-state index contributed by atoms with van der Waals surface area (Å²) in [5, 5.41) is 11.4. The number of hydrogen-bond donors (Lipinski definition) is 3. The number of nitrogens with one attached hydrogen (secondary N) is 2. The molecular weight excluding hydrogens is 312 g/mol. The van der Waals surface area contributed by atoms with Crippen LogP contribution in [0.1, 0.15) is 12.8 Å². The minimum Gasteiger partial charge on any atom is -0.479 e. The van der Waals surface area contributed by atoms with Gasteiger partial charge in [-0.15, -0.1) is 0 Å². The van der Waals surface area contributed by atoms with E-state index in [4.69, 9.17) is 9.84 Å². The highest BCUT2D eigenvalue weighted by Gasteiger charge is 2.34. The van der Waals surface area contributed by atoms with E-state index in [0.717, 1.165) is 6.26 Å². The lowest BCUT2D eigenvalue weighted by molar-refractivity contribution is -0.150. The normalized spacial score (nSPS) is 21.3. The summed E-state index contributed by atoms with van der Waals surface area (Å²) in [6.45, 7) is 0. The second kappa shape index (κ2) is 6.32. The first kappa shape index (κ1) is 16.2. The van der Waals surface area contributed by atoms with E-state index in [0.29, 0.717) is 6.42 Å². The molecule has 0 spiro atoms.